The number of amides is 1. The summed E-state index contributed by atoms with van der Waals surface area (Å²) in [5.41, 5.74) is 3.51. The Bertz CT molecular complexity index is 952. The molecule has 1 aliphatic carbocycles. The number of hydrogen-bond donors (Lipinski definition) is 1. The number of carbonyl (C=O) groups is 2. The summed E-state index contributed by atoms with van der Waals surface area (Å²) in [6.45, 7) is 2.00. The van der Waals surface area contributed by atoms with Crippen molar-refractivity contribution in [3.05, 3.63) is 75.6 Å². The SMILES string of the molecule is Cc1ccc(C(=O)c2c(NC(=O)c3ccco3)sc3c2CCCC3)cc1. The number of thiophene rings is 1. The maximum Gasteiger partial charge on any atom is 0.291 e. The van der Waals surface area contributed by atoms with Gasteiger partial charge < -0.3 is 9.73 Å². The predicted octanol–water partition coefficient (Wildman–Crippen LogP) is 5.01. The van der Waals surface area contributed by atoms with Crippen LogP contribution in [-0.4, -0.2) is 11.7 Å². The summed E-state index contributed by atoms with van der Waals surface area (Å²) in [6, 6.07) is 10.9. The van der Waals surface area contributed by atoms with Crippen molar-refractivity contribution in [1.29, 1.82) is 0 Å². The molecule has 5 heteroatoms. The number of nitrogens with one attached hydrogen (secondary N) is 1. The van der Waals surface area contributed by atoms with Crippen LogP contribution in [-0.2, 0) is 12.8 Å². The maximum atomic E-state index is 13.2. The molecule has 132 valence electrons. The van der Waals surface area contributed by atoms with E-state index in [4.69, 9.17) is 4.42 Å². The van der Waals surface area contributed by atoms with E-state index in [0.717, 1.165) is 36.8 Å². The second kappa shape index (κ2) is 6.92. The normalized spacial score (nSPS) is 13.3. The number of furan rings is 1. The Hall–Kier alpha value is -2.66. The number of ketones is 1. The van der Waals surface area contributed by atoms with Crippen LogP contribution < -0.4 is 5.32 Å². The van der Waals surface area contributed by atoms with Crippen molar-refractivity contribution in [1.82, 2.24) is 0 Å². The first kappa shape index (κ1) is 16.8. The molecule has 26 heavy (non-hydrogen) atoms. The minimum atomic E-state index is -0.327. The lowest BCUT2D eigenvalue weighted by atomic mass is 9.91. The first-order valence-electron chi connectivity index (χ1n) is 8.74. The average Bonchev–Trinajstić information content (AvgIpc) is 3.29. The standard InChI is InChI=1S/C21H19NO3S/c1-13-8-10-14(11-9-13)19(23)18-15-5-2-3-7-17(15)26-21(18)22-20(24)16-6-4-12-25-16/h4,6,8-12H,2-3,5,7H2,1H3,(H,22,24). The van der Waals surface area contributed by atoms with Crippen molar-refractivity contribution in [2.24, 2.45) is 0 Å². The van der Waals surface area contributed by atoms with Gasteiger partial charge in [0.05, 0.1) is 11.8 Å². The maximum absolute atomic E-state index is 13.2. The molecule has 1 N–H and O–H groups in total. The van der Waals surface area contributed by atoms with Gasteiger partial charge in [-0.1, -0.05) is 29.8 Å². The van der Waals surface area contributed by atoms with E-state index in [1.807, 2.05) is 31.2 Å². The Morgan fingerprint density at radius 3 is 2.58 bits per heavy atom. The van der Waals surface area contributed by atoms with Gasteiger partial charge in [0.25, 0.3) is 5.91 Å². The molecule has 4 rings (SSSR count). The summed E-state index contributed by atoms with van der Waals surface area (Å²) in [5, 5.41) is 3.53. The van der Waals surface area contributed by atoms with Crippen molar-refractivity contribution in [2.45, 2.75) is 32.6 Å². The summed E-state index contributed by atoms with van der Waals surface area (Å²) in [6.07, 6.45) is 5.51. The lowest BCUT2D eigenvalue weighted by Crippen LogP contribution is -2.14. The van der Waals surface area contributed by atoms with Crippen LogP contribution in [0.4, 0.5) is 5.00 Å². The molecular weight excluding hydrogens is 346 g/mol. The Labute approximate surface area is 155 Å². The van der Waals surface area contributed by atoms with Crippen LogP contribution in [0.15, 0.2) is 47.1 Å². The first-order chi connectivity index (χ1) is 12.6. The van der Waals surface area contributed by atoms with E-state index >= 15 is 0 Å². The van der Waals surface area contributed by atoms with E-state index in [2.05, 4.69) is 5.32 Å². The Morgan fingerprint density at radius 2 is 1.85 bits per heavy atom. The second-order valence-corrected chi connectivity index (χ2v) is 7.65. The smallest absolute Gasteiger partial charge is 0.291 e. The predicted molar refractivity (Wildman–Crippen MR) is 102 cm³/mol. The van der Waals surface area contributed by atoms with Crippen molar-refractivity contribution < 1.29 is 14.0 Å². The van der Waals surface area contributed by atoms with Crippen molar-refractivity contribution >= 4 is 28.0 Å². The zero-order chi connectivity index (χ0) is 18.1. The molecule has 0 saturated heterocycles. The molecule has 1 aromatic carbocycles. The van der Waals surface area contributed by atoms with E-state index in [-0.39, 0.29) is 17.5 Å². The molecule has 0 unspecified atom stereocenters. The van der Waals surface area contributed by atoms with Crippen molar-refractivity contribution in [3.63, 3.8) is 0 Å². The lowest BCUT2D eigenvalue weighted by molar-refractivity contribution is 0.0997. The fraction of sp³-hybridized carbons (Fsp3) is 0.238. The fourth-order valence-corrected chi connectivity index (χ4v) is 4.60. The highest BCUT2D eigenvalue weighted by molar-refractivity contribution is 7.17. The zero-order valence-corrected chi connectivity index (χ0v) is 15.3. The van der Waals surface area contributed by atoms with Gasteiger partial charge in [-0.05, 0) is 50.3 Å². The third-order valence-corrected chi connectivity index (χ3v) is 5.89. The molecule has 1 amide bonds. The molecule has 0 radical (unpaired) electrons. The van der Waals surface area contributed by atoms with E-state index in [0.29, 0.717) is 16.1 Å². The zero-order valence-electron chi connectivity index (χ0n) is 14.5. The highest BCUT2D eigenvalue weighted by atomic mass is 32.1. The largest absolute Gasteiger partial charge is 0.459 e. The van der Waals surface area contributed by atoms with Gasteiger partial charge in [0.1, 0.15) is 5.00 Å². The highest BCUT2D eigenvalue weighted by Crippen LogP contribution is 2.39. The Kier molecular flexibility index (Phi) is 4.47. The highest BCUT2D eigenvalue weighted by Gasteiger charge is 2.27. The molecule has 3 aromatic rings. The number of aryl methyl sites for hydroxylation is 2. The molecule has 0 spiro atoms. The minimum Gasteiger partial charge on any atom is -0.459 e. The van der Waals surface area contributed by atoms with Crippen LogP contribution in [0, 0.1) is 6.92 Å². The number of rotatable bonds is 4. The summed E-state index contributed by atoms with van der Waals surface area (Å²) in [4.78, 5) is 26.9. The monoisotopic (exact) mass is 365 g/mol. The fourth-order valence-electron chi connectivity index (χ4n) is 3.32. The molecular formula is C21H19NO3S. The molecule has 4 nitrogen and oxygen atoms in total. The quantitative estimate of drug-likeness (QED) is 0.661. The molecule has 0 atom stereocenters. The van der Waals surface area contributed by atoms with Gasteiger partial charge in [0, 0.05) is 10.4 Å². The summed E-state index contributed by atoms with van der Waals surface area (Å²) >= 11 is 1.52. The summed E-state index contributed by atoms with van der Waals surface area (Å²) in [7, 11) is 0. The van der Waals surface area contributed by atoms with Crippen molar-refractivity contribution in [2.75, 3.05) is 5.32 Å². The van der Waals surface area contributed by atoms with Gasteiger partial charge in [-0.15, -0.1) is 11.3 Å². The Balaban J connectivity index is 1.74. The van der Waals surface area contributed by atoms with Gasteiger partial charge in [-0.25, -0.2) is 0 Å². The number of benzene rings is 1. The number of hydrogen-bond acceptors (Lipinski definition) is 4. The van der Waals surface area contributed by atoms with Crippen LogP contribution in [0.5, 0.6) is 0 Å². The van der Waals surface area contributed by atoms with Crippen LogP contribution in [0.1, 0.15) is 55.3 Å². The van der Waals surface area contributed by atoms with Crippen LogP contribution in [0.3, 0.4) is 0 Å². The van der Waals surface area contributed by atoms with Crippen LogP contribution in [0.25, 0.3) is 0 Å². The van der Waals surface area contributed by atoms with E-state index in [1.54, 1.807) is 12.1 Å². The molecule has 0 fully saturated rings. The second-order valence-electron chi connectivity index (χ2n) is 6.54. The number of anilines is 1. The van der Waals surface area contributed by atoms with E-state index < -0.39 is 0 Å². The van der Waals surface area contributed by atoms with E-state index in [1.165, 1.54) is 22.5 Å². The van der Waals surface area contributed by atoms with Gasteiger partial charge in [0.15, 0.2) is 11.5 Å². The average molecular weight is 365 g/mol. The molecule has 0 saturated carbocycles. The molecule has 2 aromatic heterocycles. The third-order valence-electron chi connectivity index (χ3n) is 4.68. The Morgan fingerprint density at radius 1 is 1.08 bits per heavy atom. The minimum absolute atomic E-state index is 0.0286. The van der Waals surface area contributed by atoms with Crippen molar-refractivity contribution in [3.8, 4) is 0 Å². The molecule has 0 bridgehead atoms. The van der Waals surface area contributed by atoms with Gasteiger partial charge in [0.2, 0.25) is 0 Å². The number of fused-ring (bicyclic) bond motifs is 1. The van der Waals surface area contributed by atoms with Gasteiger partial charge >= 0.3 is 0 Å². The van der Waals surface area contributed by atoms with Crippen LogP contribution in [0.2, 0.25) is 0 Å². The molecule has 2 heterocycles. The topological polar surface area (TPSA) is 59.3 Å². The third kappa shape index (κ3) is 3.10. The number of carbonyl (C=O) groups excluding carboxylic acids is 2. The van der Waals surface area contributed by atoms with E-state index in [9.17, 15) is 9.59 Å². The first-order valence-corrected chi connectivity index (χ1v) is 9.56. The van der Waals surface area contributed by atoms with Gasteiger partial charge in [-0.2, -0.15) is 0 Å². The van der Waals surface area contributed by atoms with Crippen LogP contribution >= 0.6 is 11.3 Å². The summed E-state index contributed by atoms with van der Waals surface area (Å²) < 4.78 is 5.18. The summed E-state index contributed by atoms with van der Waals surface area (Å²) in [5.74, 6) is -0.115. The van der Waals surface area contributed by atoms with Gasteiger partial charge in [-0.3, -0.25) is 9.59 Å². The molecule has 1 aliphatic rings. The molecule has 0 aliphatic heterocycles. The lowest BCUT2D eigenvalue weighted by Gasteiger charge is -2.12.